The van der Waals surface area contributed by atoms with Crippen LogP contribution in [0.3, 0.4) is 0 Å². The summed E-state index contributed by atoms with van der Waals surface area (Å²) < 4.78 is 6.05. The molecule has 1 unspecified atom stereocenters. The second-order valence-electron chi connectivity index (χ2n) is 6.77. The van der Waals surface area contributed by atoms with Crippen molar-refractivity contribution in [2.75, 3.05) is 6.54 Å². The van der Waals surface area contributed by atoms with Crippen molar-refractivity contribution in [2.24, 2.45) is 11.8 Å². The zero-order valence-corrected chi connectivity index (χ0v) is 15.3. The lowest BCUT2D eigenvalue weighted by molar-refractivity contribution is -0.139. The molecule has 0 spiro atoms. The van der Waals surface area contributed by atoms with Crippen molar-refractivity contribution in [2.45, 2.75) is 53.6 Å². The third-order valence-corrected chi connectivity index (χ3v) is 4.12. The zero-order valence-electron chi connectivity index (χ0n) is 14.5. The molecule has 0 aliphatic rings. The molecule has 0 bridgehead atoms. The molecule has 0 aliphatic carbocycles. The number of halogens is 1. The van der Waals surface area contributed by atoms with Crippen molar-refractivity contribution in [3.8, 4) is 5.75 Å². The lowest BCUT2D eigenvalue weighted by atomic mass is 9.91. The molecule has 1 aromatic carbocycles. The van der Waals surface area contributed by atoms with Crippen molar-refractivity contribution in [1.29, 1.82) is 0 Å². The van der Waals surface area contributed by atoms with Gasteiger partial charge in [-0.25, -0.2) is 0 Å². The molecule has 4 heteroatoms. The molecule has 22 heavy (non-hydrogen) atoms. The van der Waals surface area contributed by atoms with E-state index in [9.17, 15) is 4.79 Å². The number of hydrogen-bond donors (Lipinski definition) is 1. The highest BCUT2D eigenvalue weighted by Crippen LogP contribution is 2.28. The van der Waals surface area contributed by atoms with Crippen LogP contribution in [0.5, 0.6) is 5.75 Å². The number of carbonyl (C=O) groups is 1. The van der Waals surface area contributed by atoms with E-state index in [2.05, 4.69) is 19.2 Å². The van der Waals surface area contributed by atoms with Crippen LogP contribution in [0, 0.1) is 18.8 Å². The average Bonchev–Trinajstić information content (AvgIpc) is 2.36. The van der Waals surface area contributed by atoms with E-state index in [0.29, 0.717) is 23.2 Å². The molecule has 0 saturated carbocycles. The highest BCUT2D eigenvalue weighted by molar-refractivity contribution is 6.30. The number of aryl methyl sites for hydroxylation is 1. The number of amides is 1. The Bertz CT molecular complexity index is 494. The molecule has 1 rings (SSSR count). The lowest BCUT2D eigenvalue weighted by Gasteiger charge is -2.33. The Morgan fingerprint density at radius 1 is 1.27 bits per heavy atom. The summed E-state index contributed by atoms with van der Waals surface area (Å²) in [5.41, 5.74) is 0.0857. The van der Waals surface area contributed by atoms with Crippen molar-refractivity contribution in [3.63, 3.8) is 0 Å². The Balaban J connectivity index is 2.88. The van der Waals surface area contributed by atoms with Crippen LogP contribution in [0.15, 0.2) is 18.2 Å². The topological polar surface area (TPSA) is 38.3 Å². The summed E-state index contributed by atoms with van der Waals surface area (Å²) in [4.78, 5) is 12.6. The Hall–Kier alpha value is -1.22. The van der Waals surface area contributed by atoms with Crippen molar-refractivity contribution in [3.05, 3.63) is 28.8 Å². The van der Waals surface area contributed by atoms with Crippen LogP contribution in [0.4, 0.5) is 0 Å². The fraction of sp³-hybridized carbons (Fsp3) is 0.611. The van der Waals surface area contributed by atoms with Crippen LogP contribution in [-0.4, -0.2) is 18.1 Å². The summed E-state index contributed by atoms with van der Waals surface area (Å²) >= 11 is 6.08. The predicted molar refractivity (Wildman–Crippen MR) is 92.5 cm³/mol. The number of hydrogen-bond acceptors (Lipinski definition) is 2. The second kappa shape index (κ2) is 7.87. The average molecular weight is 326 g/mol. The van der Waals surface area contributed by atoms with Gasteiger partial charge in [-0.1, -0.05) is 39.3 Å². The first kappa shape index (κ1) is 18.8. The normalized spacial score (nSPS) is 14.0. The van der Waals surface area contributed by atoms with E-state index in [1.807, 2.05) is 39.8 Å². The van der Waals surface area contributed by atoms with Gasteiger partial charge in [-0.05, 0) is 49.9 Å². The molecule has 0 saturated heterocycles. The number of rotatable bonds is 7. The molecule has 1 atom stereocenters. The maximum atomic E-state index is 12.6. The molecule has 0 aliphatic heterocycles. The summed E-state index contributed by atoms with van der Waals surface area (Å²) in [5, 5.41) is 3.60. The molecular weight excluding hydrogens is 298 g/mol. The number of nitrogens with one attached hydrogen (secondary N) is 1. The highest BCUT2D eigenvalue weighted by Gasteiger charge is 2.39. The zero-order chi connectivity index (χ0) is 16.9. The van der Waals surface area contributed by atoms with E-state index in [1.54, 1.807) is 6.07 Å². The van der Waals surface area contributed by atoms with Gasteiger partial charge in [0.15, 0.2) is 5.60 Å². The van der Waals surface area contributed by atoms with E-state index in [4.69, 9.17) is 16.3 Å². The summed E-state index contributed by atoms with van der Waals surface area (Å²) in [6.07, 6.45) is 0.955. The van der Waals surface area contributed by atoms with Crippen molar-refractivity contribution >= 4 is 17.5 Å². The van der Waals surface area contributed by atoms with Gasteiger partial charge >= 0.3 is 0 Å². The van der Waals surface area contributed by atoms with Gasteiger partial charge in [0.2, 0.25) is 0 Å². The maximum absolute atomic E-state index is 12.6. The van der Waals surface area contributed by atoms with Crippen molar-refractivity contribution < 1.29 is 9.53 Å². The monoisotopic (exact) mass is 325 g/mol. The SMILES string of the molecule is Cc1cc(Cl)cc(OC(C)(C(=O)NCCC(C)C)C(C)C)c1. The van der Waals surface area contributed by atoms with Gasteiger partial charge in [0.1, 0.15) is 5.75 Å². The summed E-state index contributed by atoms with van der Waals surface area (Å²) in [6.45, 7) is 12.7. The lowest BCUT2D eigenvalue weighted by Crippen LogP contribution is -2.52. The quantitative estimate of drug-likeness (QED) is 0.795. The Kier molecular flexibility index (Phi) is 6.73. The minimum atomic E-state index is -0.923. The van der Waals surface area contributed by atoms with Gasteiger partial charge in [0.25, 0.3) is 5.91 Å². The Morgan fingerprint density at radius 3 is 2.41 bits per heavy atom. The minimum absolute atomic E-state index is 0.0332. The molecule has 1 amide bonds. The van der Waals surface area contributed by atoms with Gasteiger partial charge in [-0.3, -0.25) is 4.79 Å². The van der Waals surface area contributed by atoms with Gasteiger partial charge in [-0.2, -0.15) is 0 Å². The Labute approximate surface area is 139 Å². The molecule has 0 radical (unpaired) electrons. The van der Waals surface area contributed by atoms with Crippen molar-refractivity contribution in [1.82, 2.24) is 5.32 Å². The van der Waals surface area contributed by atoms with Gasteiger partial charge in [-0.15, -0.1) is 0 Å². The first-order valence-electron chi connectivity index (χ1n) is 7.89. The van der Waals surface area contributed by atoms with Crippen LogP contribution in [0.25, 0.3) is 0 Å². The van der Waals surface area contributed by atoms with Crippen LogP contribution in [0.1, 0.15) is 46.6 Å². The highest BCUT2D eigenvalue weighted by atomic mass is 35.5. The summed E-state index contributed by atoms with van der Waals surface area (Å²) in [7, 11) is 0. The second-order valence-corrected chi connectivity index (χ2v) is 7.20. The van der Waals surface area contributed by atoms with E-state index in [1.165, 1.54) is 0 Å². The van der Waals surface area contributed by atoms with E-state index < -0.39 is 5.60 Å². The number of ether oxygens (including phenoxy) is 1. The third-order valence-electron chi connectivity index (χ3n) is 3.91. The van der Waals surface area contributed by atoms with Crippen LogP contribution >= 0.6 is 11.6 Å². The van der Waals surface area contributed by atoms with Crippen LogP contribution in [0.2, 0.25) is 5.02 Å². The van der Waals surface area contributed by atoms with Gasteiger partial charge in [0, 0.05) is 17.5 Å². The number of benzene rings is 1. The summed E-state index contributed by atoms with van der Waals surface area (Å²) in [5.74, 6) is 1.13. The predicted octanol–water partition coefficient (Wildman–Crippen LogP) is 4.60. The van der Waals surface area contributed by atoms with Crippen LogP contribution in [-0.2, 0) is 4.79 Å². The molecule has 0 fully saturated rings. The Morgan fingerprint density at radius 2 is 1.91 bits per heavy atom. The molecule has 1 N–H and O–H groups in total. The fourth-order valence-electron chi connectivity index (χ4n) is 2.08. The standard InChI is InChI=1S/C18H28ClNO2/c1-12(2)7-8-20-17(21)18(6,13(3)4)22-16-10-14(5)9-15(19)11-16/h9-13H,7-8H2,1-6H3,(H,20,21). The largest absolute Gasteiger partial charge is 0.477 e. The van der Waals surface area contributed by atoms with Crippen LogP contribution < -0.4 is 10.1 Å². The maximum Gasteiger partial charge on any atom is 0.264 e. The summed E-state index contributed by atoms with van der Waals surface area (Å²) in [6, 6.07) is 5.51. The number of carbonyl (C=O) groups excluding carboxylic acids is 1. The molecule has 124 valence electrons. The minimum Gasteiger partial charge on any atom is -0.477 e. The molecule has 1 aromatic rings. The van der Waals surface area contributed by atoms with E-state index in [-0.39, 0.29) is 11.8 Å². The molecule has 0 heterocycles. The van der Waals surface area contributed by atoms with Gasteiger partial charge < -0.3 is 10.1 Å². The van der Waals surface area contributed by atoms with E-state index in [0.717, 1.165) is 12.0 Å². The smallest absolute Gasteiger partial charge is 0.264 e. The molecule has 3 nitrogen and oxygen atoms in total. The fourth-order valence-corrected chi connectivity index (χ4v) is 2.36. The van der Waals surface area contributed by atoms with Gasteiger partial charge in [0.05, 0.1) is 0 Å². The third kappa shape index (κ3) is 5.20. The van der Waals surface area contributed by atoms with E-state index >= 15 is 0 Å². The first-order chi connectivity index (χ1) is 10.1. The molecule has 0 aromatic heterocycles. The molecular formula is C18H28ClNO2. The first-order valence-corrected chi connectivity index (χ1v) is 8.27.